The molecule has 4 heteroatoms. The summed E-state index contributed by atoms with van der Waals surface area (Å²) in [5.41, 5.74) is 0.524. The Morgan fingerprint density at radius 1 is 1.40 bits per heavy atom. The van der Waals surface area contributed by atoms with Crippen molar-refractivity contribution in [3.8, 4) is 0 Å². The van der Waals surface area contributed by atoms with E-state index in [2.05, 4.69) is 12.2 Å². The summed E-state index contributed by atoms with van der Waals surface area (Å²) in [5, 5.41) is 3.44. The van der Waals surface area contributed by atoms with Crippen molar-refractivity contribution in [2.24, 2.45) is 11.8 Å². The van der Waals surface area contributed by atoms with Crippen molar-refractivity contribution >= 4 is 5.97 Å². The Kier molecular flexibility index (Phi) is 5.24. The first-order chi connectivity index (χ1) is 9.60. The van der Waals surface area contributed by atoms with E-state index in [1.54, 1.807) is 13.0 Å². The second kappa shape index (κ2) is 6.93. The molecule has 0 atom stereocenters. The molecule has 0 aromatic carbocycles. The van der Waals surface area contributed by atoms with Crippen molar-refractivity contribution in [1.29, 1.82) is 0 Å². The Morgan fingerprint density at radius 3 is 2.75 bits per heavy atom. The predicted molar refractivity (Wildman–Crippen MR) is 77.6 cm³/mol. The molecule has 112 valence electrons. The highest BCUT2D eigenvalue weighted by atomic mass is 16.5. The molecule has 1 saturated carbocycles. The maximum atomic E-state index is 11.5. The zero-order chi connectivity index (χ0) is 14.5. The minimum atomic E-state index is -0.334. The van der Waals surface area contributed by atoms with Gasteiger partial charge >= 0.3 is 5.97 Å². The highest BCUT2D eigenvalue weighted by molar-refractivity contribution is 5.90. The second-order valence-corrected chi connectivity index (χ2v) is 5.93. The topological polar surface area (TPSA) is 51.5 Å². The van der Waals surface area contributed by atoms with Gasteiger partial charge in [-0.2, -0.15) is 0 Å². The SMILES string of the molecule is COC(=O)c1cc(CNCC2CCC(C)CC2)oc1C. The Balaban J connectivity index is 1.78. The predicted octanol–water partition coefficient (Wildman–Crippen LogP) is 3.29. The van der Waals surface area contributed by atoms with E-state index in [9.17, 15) is 4.79 Å². The van der Waals surface area contributed by atoms with Crippen molar-refractivity contribution in [2.45, 2.75) is 46.1 Å². The summed E-state index contributed by atoms with van der Waals surface area (Å²) in [6.45, 7) is 5.83. The number of esters is 1. The Bertz CT molecular complexity index is 445. The van der Waals surface area contributed by atoms with Gasteiger partial charge in [0.25, 0.3) is 0 Å². The lowest BCUT2D eigenvalue weighted by Gasteiger charge is -2.26. The maximum Gasteiger partial charge on any atom is 0.341 e. The molecule has 0 spiro atoms. The molecule has 1 heterocycles. The molecule has 4 nitrogen and oxygen atoms in total. The molecule has 1 N–H and O–H groups in total. The number of methoxy groups -OCH3 is 1. The molecule has 0 radical (unpaired) electrons. The van der Waals surface area contributed by atoms with Crippen LogP contribution in [0.3, 0.4) is 0 Å². The van der Waals surface area contributed by atoms with E-state index < -0.39 is 0 Å². The van der Waals surface area contributed by atoms with Crippen LogP contribution in [0.2, 0.25) is 0 Å². The molecule has 1 fully saturated rings. The summed E-state index contributed by atoms with van der Waals surface area (Å²) >= 11 is 0. The van der Waals surface area contributed by atoms with Gasteiger partial charge in [-0.1, -0.05) is 19.8 Å². The van der Waals surface area contributed by atoms with Gasteiger partial charge in [0.1, 0.15) is 17.1 Å². The number of rotatable bonds is 5. The maximum absolute atomic E-state index is 11.5. The second-order valence-electron chi connectivity index (χ2n) is 5.93. The minimum Gasteiger partial charge on any atom is -0.465 e. The summed E-state index contributed by atoms with van der Waals surface area (Å²) < 4.78 is 10.3. The monoisotopic (exact) mass is 279 g/mol. The molecule has 1 aromatic rings. The lowest BCUT2D eigenvalue weighted by molar-refractivity contribution is 0.0599. The molecule has 0 saturated heterocycles. The smallest absolute Gasteiger partial charge is 0.341 e. The van der Waals surface area contributed by atoms with Crippen molar-refractivity contribution in [1.82, 2.24) is 5.32 Å². The molecular weight excluding hydrogens is 254 g/mol. The summed E-state index contributed by atoms with van der Waals surface area (Å²) in [7, 11) is 1.39. The van der Waals surface area contributed by atoms with Gasteiger partial charge in [0, 0.05) is 0 Å². The quantitative estimate of drug-likeness (QED) is 0.840. The summed E-state index contributed by atoms with van der Waals surface area (Å²) in [6, 6.07) is 1.77. The summed E-state index contributed by atoms with van der Waals surface area (Å²) in [6.07, 6.45) is 5.33. The first-order valence-electron chi connectivity index (χ1n) is 7.48. The molecule has 1 aliphatic rings. The average molecular weight is 279 g/mol. The Hall–Kier alpha value is -1.29. The van der Waals surface area contributed by atoms with Crippen LogP contribution >= 0.6 is 0 Å². The third-order valence-corrected chi connectivity index (χ3v) is 4.24. The van der Waals surface area contributed by atoms with Gasteiger partial charge in [0.05, 0.1) is 13.7 Å². The van der Waals surface area contributed by atoms with Gasteiger partial charge in [-0.15, -0.1) is 0 Å². The van der Waals surface area contributed by atoms with Crippen molar-refractivity contribution in [3.05, 3.63) is 23.2 Å². The fourth-order valence-electron chi connectivity index (χ4n) is 2.88. The largest absolute Gasteiger partial charge is 0.465 e. The van der Waals surface area contributed by atoms with Crippen LogP contribution in [-0.2, 0) is 11.3 Å². The lowest BCUT2D eigenvalue weighted by Crippen LogP contribution is -2.25. The minimum absolute atomic E-state index is 0.334. The van der Waals surface area contributed by atoms with Gasteiger partial charge in [-0.25, -0.2) is 4.79 Å². The van der Waals surface area contributed by atoms with Crippen LogP contribution < -0.4 is 5.32 Å². The van der Waals surface area contributed by atoms with Crippen LogP contribution in [0.5, 0.6) is 0 Å². The standard InChI is InChI=1S/C16H25NO3/c1-11-4-6-13(7-5-11)9-17-10-14-8-15(12(2)20-14)16(18)19-3/h8,11,13,17H,4-7,9-10H2,1-3H3. The van der Waals surface area contributed by atoms with E-state index in [0.29, 0.717) is 17.9 Å². The van der Waals surface area contributed by atoms with Crippen molar-refractivity contribution < 1.29 is 13.9 Å². The zero-order valence-electron chi connectivity index (χ0n) is 12.7. The highest BCUT2D eigenvalue weighted by Gasteiger charge is 2.18. The molecule has 1 aliphatic carbocycles. The van der Waals surface area contributed by atoms with Crippen LogP contribution in [0.4, 0.5) is 0 Å². The molecule has 2 rings (SSSR count). The fourth-order valence-corrected chi connectivity index (χ4v) is 2.88. The van der Waals surface area contributed by atoms with E-state index in [-0.39, 0.29) is 5.97 Å². The number of hydrogen-bond acceptors (Lipinski definition) is 4. The fraction of sp³-hybridized carbons (Fsp3) is 0.688. The van der Waals surface area contributed by atoms with E-state index in [1.165, 1.54) is 32.8 Å². The number of nitrogens with one attached hydrogen (secondary N) is 1. The normalized spacial score (nSPS) is 22.8. The number of aryl methyl sites for hydroxylation is 1. The van der Waals surface area contributed by atoms with E-state index >= 15 is 0 Å². The number of carbonyl (C=O) groups is 1. The highest BCUT2D eigenvalue weighted by Crippen LogP contribution is 2.27. The molecule has 0 bridgehead atoms. The average Bonchev–Trinajstić information content (AvgIpc) is 2.81. The molecule has 0 unspecified atom stereocenters. The Morgan fingerprint density at radius 2 is 2.10 bits per heavy atom. The van der Waals surface area contributed by atoms with Gasteiger partial charge in [0.15, 0.2) is 0 Å². The molecule has 0 aliphatic heterocycles. The third-order valence-electron chi connectivity index (χ3n) is 4.24. The Labute approximate surface area is 120 Å². The van der Waals surface area contributed by atoms with Crippen LogP contribution in [0.15, 0.2) is 10.5 Å². The number of carbonyl (C=O) groups excluding carboxylic acids is 1. The van der Waals surface area contributed by atoms with Crippen LogP contribution in [0, 0.1) is 18.8 Å². The zero-order valence-corrected chi connectivity index (χ0v) is 12.7. The molecular formula is C16H25NO3. The van der Waals surface area contributed by atoms with Gasteiger partial charge in [0.2, 0.25) is 0 Å². The van der Waals surface area contributed by atoms with Crippen molar-refractivity contribution in [2.75, 3.05) is 13.7 Å². The van der Waals surface area contributed by atoms with Crippen LogP contribution in [0.1, 0.15) is 54.5 Å². The summed E-state index contributed by atoms with van der Waals surface area (Å²) in [5.74, 6) is 2.76. The van der Waals surface area contributed by atoms with E-state index in [4.69, 9.17) is 9.15 Å². The lowest BCUT2D eigenvalue weighted by atomic mass is 9.83. The van der Waals surface area contributed by atoms with Crippen LogP contribution in [-0.4, -0.2) is 19.6 Å². The van der Waals surface area contributed by atoms with Gasteiger partial charge < -0.3 is 14.5 Å². The summed E-state index contributed by atoms with van der Waals surface area (Å²) in [4.78, 5) is 11.5. The van der Waals surface area contributed by atoms with Crippen molar-refractivity contribution in [3.63, 3.8) is 0 Å². The van der Waals surface area contributed by atoms with Crippen LogP contribution in [0.25, 0.3) is 0 Å². The number of ether oxygens (including phenoxy) is 1. The molecule has 0 amide bonds. The first kappa shape index (κ1) is 15.1. The number of hydrogen-bond donors (Lipinski definition) is 1. The third kappa shape index (κ3) is 3.85. The first-order valence-corrected chi connectivity index (χ1v) is 7.48. The van der Waals surface area contributed by atoms with Gasteiger partial charge in [-0.3, -0.25) is 0 Å². The van der Waals surface area contributed by atoms with E-state index in [0.717, 1.165) is 24.1 Å². The number of furan rings is 1. The molecule has 1 aromatic heterocycles. The van der Waals surface area contributed by atoms with Gasteiger partial charge in [-0.05, 0) is 44.2 Å². The van der Waals surface area contributed by atoms with E-state index in [1.807, 2.05) is 0 Å². The molecule has 20 heavy (non-hydrogen) atoms.